The smallest absolute Gasteiger partial charge is 0.119 e. The molecule has 2 heteroatoms. The number of methoxy groups -OCH3 is 1. The summed E-state index contributed by atoms with van der Waals surface area (Å²) in [5, 5.41) is 9.12. The quantitative estimate of drug-likeness (QED) is 0.737. The van der Waals surface area contributed by atoms with Crippen molar-refractivity contribution in [3.63, 3.8) is 0 Å². The molecule has 0 aliphatic carbocycles. The third kappa shape index (κ3) is 3.13. The van der Waals surface area contributed by atoms with Crippen LogP contribution in [0.1, 0.15) is 38.9 Å². The summed E-state index contributed by atoms with van der Waals surface area (Å²) < 4.78 is 5.27. The lowest BCUT2D eigenvalue weighted by Crippen LogP contribution is -1.92. The zero-order chi connectivity index (χ0) is 16.3. The first kappa shape index (κ1) is 15.7. The first-order valence-corrected chi connectivity index (χ1v) is 7.15. The Kier molecular flexibility index (Phi) is 4.54. The average Bonchev–Trinajstić information content (AvgIpc) is 2.45. The fraction of sp³-hybridized carbons (Fsp3) is 0.250. The van der Waals surface area contributed by atoms with E-state index in [0.717, 1.165) is 44.7 Å². The van der Waals surface area contributed by atoms with Crippen molar-refractivity contribution in [2.24, 2.45) is 0 Å². The van der Waals surface area contributed by atoms with Gasteiger partial charge in [-0.25, -0.2) is 0 Å². The summed E-state index contributed by atoms with van der Waals surface area (Å²) >= 11 is 0. The van der Waals surface area contributed by atoms with E-state index in [1.165, 1.54) is 0 Å². The lowest BCUT2D eigenvalue weighted by Gasteiger charge is -2.07. The molecular formula is C20H19NO. The minimum absolute atomic E-state index is 0.738. The van der Waals surface area contributed by atoms with Gasteiger partial charge in [0.1, 0.15) is 5.75 Å². The predicted octanol–water partition coefficient (Wildman–Crippen LogP) is 4.20. The second-order valence-corrected chi connectivity index (χ2v) is 5.48. The van der Waals surface area contributed by atoms with Gasteiger partial charge >= 0.3 is 0 Å². The van der Waals surface area contributed by atoms with Crippen LogP contribution >= 0.6 is 0 Å². The number of hydrogen-bond acceptors (Lipinski definition) is 2. The third-order valence-electron chi connectivity index (χ3n) is 3.72. The number of benzene rings is 2. The maximum Gasteiger partial charge on any atom is 0.119 e. The number of ether oxygens (including phenoxy) is 1. The molecule has 0 aromatic heterocycles. The lowest BCUT2D eigenvalue weighted by molar-refractivity contribution is 0.414. The van der Waals surface area contributed by atoms with Crippen LogP contribution in [0.15, 0.2) is 24.3 Å². The van der Waals surface area contributed by atoms with Crippen LogP contribution in [-0.4, -0.2) is 7.11 Å². The van der Waals surface area contributed by atoms with Gasteiger partial charge in [0.05, 0.1) is 18.7 Å². The molecule has 110 valence electrons. The van der Waals surface area contributed by atoms with Crippen LogP contribution in [0.3, 0.4) is 0 Å². The number of hydrogen-bond donors (Lipinski definition) is 0. The molecule has 0 bridgehead atoms. The summed E-state index contributed by atoms with van der Waals surface area (Å²) in [6.07, 6.45) is 0. The molecule has 0 unspecified atom stereocenters. The Morgan fingerprint density at radius 3 is 1.73 bits per heavy atom. The van der Waals surface area contributed by atoms with E-state index >= 15 is 0 Å². The normalized spacial score (nSPS) is 9.64. The van der Waals surface area contributed by atoms with Crippen LogP contribution in [0, 0.1) is 50.9 Å². The van der Waals surface area contributed by atoms with Crippen molar-refractivity contribution in [3.05, 3.63) is 63.2 Å². The molecule has 0 amide bonds. The molecule has 0 saturated carbocycles. The zero-order valence-corrected chi connectivity index (χ0v) is 13.7. The summed E-state index contributed by atoms with van der Waals surface area (Å²) in [5.41, 5.74) is 6.84. The van der Waals surface area contributed by atoms with Crippen LogP contribution < -0.4 is 4.74 Å². The van der Waals surface area contributed by atoms with Gasteiger partial charge < -0.3 is 4.74 Å². The second-order valence-electron chi connectivity index (χ2n) is 5.48. The molecule has 2 rings (SSSR count). The third-order valence-corrected chi connectivity index (χ3v) is 3.72. The second kappa shape index (κ2) is 6.37. The van der Waals surface area contributed by atoms with Gasteiger partial charge in [-0.1, -0.05) is 11.8 Å². The van der Waals surface area contributed by atoms with E-state index in [9.17, 15) is 0 Å². The van der Waals surface area contributed by atoms with Crippen LogP contribution in [0.4, 0.5) is 0 Å². The van der Waals surface area contributed by atoms with Gasteiger partial charge in [0, 0.05) is 11.1 Å². The van der Waals surface area contributed by atoms with Crippen molar-refractivity contribution < 1.29 is 4.74 Å². The molecule has 0 radical (unpaired) electrons. The minimum Gasteiger partial charge on any atom is -0.497 e. The fourth-order valence-electron chi connectivity index (χ4n) is 2.59. The van der Waals surface area contributed by atoms with Crippen LogP contribution in [-0.2, 0) is 0 Å². The van der Waals surface area contributed by atoms with Crippen molar-refractivity contribution in [2.75, 3.05) is 7.11 Å². The van der Waals surface area contributed by atoms with E-state index in [-0.39, 0.29) is 0 Å². The Balaban J connectivity index is 2.46. The van der Waals surface area contributed by atoms with E-state index in [4.69, 9.17) is 10.00 Å². The molecular weight excluding hydrogens is 270 g/mol. The molecule has 2 aromatic carbocycles. The number of nitrogens with zero attached hydrogens (tertiary/aromatic N) is 1. The molecule has 2 aromatic rings. The number of aryl methyl sites for hydroxylation is 4. The Morgan fingerprint density at radius 1 is 0.773 bits per heavy atom. The van der Waals surface area contributed by atoms with Crippen molar-refractivity contribution in [1.29, 1.82) is 5.26 Å². The maximum absolute atomic E-state index is 9.12. The van der Waals surface area contributed by atoms with E-state index in [1.54, 1.807) is 7.11 Å². The molecule has 0 spiro atoms. The average molecular weight is 289 g/mol. The van der Waals surface area contributed by atoms with Crippen LogP contribution in [0.5, 0.6) is 5.75 Å². The summed E-state index contributed by atoms with van der Waals surface area (Å²) in [4.78, 5) is 0. The summed E-state index contributed by atoms with van der Waals surface area (Å²) in [6.45, 7) is 7.96. The monoisotopic (exact) mass is 289 g/mol. The topological polar surface area (TPSA) is 33.0 Å². The van der Waals surface area contributed by atoms with Crippen molar-refractivity contribution in [3.8, 4) is 23.7 Å². The van der Waals surface area contributed by atoms with Gasteiger partial charge in [-0.3, -0.25) is 0 Å². The highest BCUT2D eigenvalue weighted by molar-refractivity contribution is 5.55. The van der Waals surface area contributed by atoms with Crippen molar-refractivity contribution >= 4 is 0 Å². The SMILES string of the molecule is COc1cc(C)c(C#Cc2cc(C)c(C#N)c(C)c2)c(C)c1. The van der Waals surface area contributed by atoms with Gasteiger partial charge in [0.2, 0.25) is 0 Å². The number of nitriles is 1. The van der Waals surface area contributed by atoms with Crippen LogP contribution in [0.25, 0.3) is 0 Å². The Hall–Kier alpha value is -2.71. The van der Waals surface area contributed by atoms with E-state index < -0.39 is 0 Å². The van der Waals surface area contributed by atoms with Gasteiger partial charge in [-0.05, 0) is 74.2 Å². The number of rotatable bonds is 1. The highest BCUT2D eigenvalue weighted by Crippen LogP contribution is 2.21. The van der Waals surface area contributed by atoms with Gasteiger partial charge in [-0.2, -0.15) is 5.26 Å². The largest absolute Gasteiger partial charge is 0.497 e. The molecule has 0 atom stereocenters. The van der Waals surface area contributed by atoms with Gasteiger partial charge in [0.25, 0.3) is 0 Å². The molecule has 0 aliphatic rings. The fourth-order valence-corrected chi connectivity index (χ4v) is 2.59. The van der Waals surface area contributed by atoms with Gasteiger partial charge in [-0.15, -0.1) is 0 Å². The Morgan fingerprint density at radius 2 is 1.27 bits per heavy atom. The molecule has 22 heavy (non-hydrogen) atoms. The van der Waals surface area contributed by atoms with Crippen molar-refractivity contribution in [1.82, 2.24) is 0 Å². The predicted molar refractivity (Wildman–Crippen MR) is 89.1 cm³/mol. The molecule has 0 fully saturated rings. The van der Waals surface area contributed by atoms with Crippen molar-refractivity contribution in [2.45, 2.75) is 27.7 Å². The summed E-state index contributed by atoms with van der Waals surface area (Å²) in [5.74, 6) is 7.32. The maximum atomic E-state index is 9.12. The summed E-state index contributed by atoms with van der Waals surface area (Å²) in [7, 11) is 1.67. The highest BCUT2D eigenvalue weighted by atomic mass is 16.5. The lowest BCUT2D eigenvalue weighted by atomic mass is 9.99. The molecule has 0 N–H and O–H groups in total. The zero-order valence-electron chi connectivity index (χ0n) is 13.7. The van der Waals surface area contributed by atoms with E-state index in [0.29, 0.717) is 0 Å². The highest BCUT2D eigenvalue weighted by Gasteiger charge is 2.05. The first-order valence-electron chi connectivity index (χ1n) is 7.15. The minimum atomic E-state index is 0.738. The molecule has 0 aliphatic heterocycles. The van der Waals surface area contributed by atoms with E-state index in [2.05, 4.69) is 17.9 Å². The first-order chi connectivity index (χ1) is 10.5. The van der Waals surface area contributed by atoms with Crippen LogP contribution in [0.2, 0.25) is 0 Å². The standard InChI is InChI=1S/C20H19NO/c1-13-8-17(9-14(2)20(13)12-21)6-7-19-15(3)10-18(22-5)11-16(19)4/h8-11H,1-5H3. The molecule has 0 saturated heterocycles. The van der Waals surface area contributed by atoms with Gasteiger partial charge in [0.15, 0.2) is 0 Å². The van der Waals surface area contributed by atoms with E-state index in [1.807, 2.05) is 52.0 Å². The molecule has 2 nitrogen and oxygen atoms in total. The summed E-state index contributed by atoms with van der Waals surface area (Å²) in [6, 6.07) is 10.1. The Bertz CT molecular complexity index is 783. The Labute approximate surface area is 132 Å². The molecule has 0 heterocycles.